The van der Waals surface area contributed by atoms with Crippen molar-refractivity contribution < 1.29 is 14.3 Å². The maximum Gasteiger partial charge on any atom is 0.307 e. The van der Waals surface area contributed by atoms with Crippen molar-refractivity contribution >= 4 is 11.9 Å². The molecule has 0 aliphatic heterocycles. The van der Waals surface area contributed by atoms with Gasteiger partial charge in [0.25, 0.3) is 0 Å². The van der Waals surface area contributed by atoms with Gasteiger partial charge in [0.05, 0.1) is 19.1 Å². The third kappa shape index (κ3) is 3.82. The minimum atomic E-state index is -0.355. The fourth-order valence-corrected chi connectivity index (χ4v) is 3.20. The smallest absolute Gasteiger partial charge is 0.307 e. The highest BCUT2D eigenvalue weighted by atomic mass is 16.5. The van der Waals surface area contributed by atoms with E-state index in [1.54, 1.807) is 0 Å². The zero-order chi connectivity index (χ0) is 13.7. The molecule has 1 fully saturated rings. The number of carbonyl (C=O) groups is 2. The first-order valence-corrected chi connectivity index (χ1v) is 7.18. The van der Waals surface area contributed by atoms with Crippen LogP contribution in [0.15, 0.2) is 12.2 Å². The summed E-state index contributed by atoms with van der Waals surface area (Å²) in [6.07, 6.45) is 11.2. The molecule has 2 aliphatic rings. The number of methoxy groups -OCH3 is 1. The molecule has 1 N–H and O–H groups in total. The van der Waals surface area contributed by atoms with E-state index >= 15 is 0 Å². The second kappa shape index (κ2) is 6.22. The van der Waals surface area contributed by atoms with Crippen LogP contribution in [0.2, 0.25) is 0 Å². The minimum absolute atomic E-state index is 0.0716. The average Bonchev–Trinajstić information content (AvgIpc) is 3.01. The van der Waals surface area contributed by atoms with Crippen molar-refractivity contribution in [3.8, 4) is 0 Å². The van der Waals surface area contributed by atoms with E-state index in [0.717, 1.165) is 38.5 Å². The first kappa shape index (κ1) is 14.1. The van der Waals surface area contributed by atoms with Crippen LogP contribution in [0, 0.1) is 5.92 Å². The highest BCUT2D eigenvalue weighted by molar-refractivity contribution is 5.79. The van der Waals surface area contributed by atoms with Crippen LogP contribution < -0.4 is 5.32 Å². The normalized spacial score (nSPS) is 24.4. The molecule has 1 saturated carbocycles. The van der Waals surface area contributed by atoms with Gasteiger partial charge in [-0.3, -0.25) is 9.59 Å². The molecular weight excluding hydrogens is 242 g/mol. The summed E-state index contributed by atoms with van der Waals surface area (Å²) in [6, 6.07) is 0. The molecular formula is C15H23NO3. The molecule has 4 heteroatoms. The molecule has 0 unspecified atom stereocenters. The molecule has 0 aromatic carbocycles. The van der Waals surface area contributed by atoms with Crippen LogP contribution in [0.3, 0.4) is 0 Å². The van der Waals surface area contributed by atoms with Crippen molar-refractivity contribution in [1.29, 1.82) is 0 Å². The lowest BCUT2D eigenvalue weighted by atomic mass is 9.92. The molecule has 2 aliphatic carbocycles. The molecule has 106 valence electrons. The highest BCUT2D eigenvalue weighted by Crippen LogP contribution is 2.33. The fourth-order valence-electron chi connectivity index (χ4n) is 3.20. The number of rotatable bonds is 5. The summed E-state index contributed by atoms with van der Waals surface area (Å²) in [6.45, 7) is 0. The van der Waals surface area contributed by atoms with Crippen LogP contribution in [0.4, 0.5) is 0 Å². The summed E-state index contributed by atoms with van der Waals surface area (Å²) in [5.41, 5.74) is -0.355. The maximum absolute atomic E-state index is 12.1. The van der Waals surface area contributed by atoms with E-state index in [0.29, 0.717) is 18.8 Å². The van der Waals surface area contributed by atoms with Crippen LogP contribution in [-0.2, 0) is 14.3 Å². The van der Waals surface area contributed by atoms with Crippen LogP contribution in [0.5, 0.6) is 0 Å². The van der Waals surface area contributed by atoms with Crippen molar-refractivity contribution in [3.63, 3.8) is 0 Å². The number of ether oxygens (including phenoxy) is 1. The van der Waals surface area contributed by atoms with E-state index < -0.39 is 0 Å². The van der Waals surface area contributed by atoms with Gasteiger partial charge in [-0.15, -0.1) is 0 Å². The van der Waals surface area contributed by atoms with E-state index in [2.05, 4.69) is 17.5 Å². The van der Waals surface area contributed by atoms with Crippen LogP contribution in [0.25, 0.3) is 0 Å². The molecule has 0 saturated heterocycles. The van der Waals surface area contributed by atoms with Gasteiger partial charge in [0.1, 0.15) is 0 Å². The Hall–Kier alpha value is -1.32. The van der Waals surface area contributed by atoms with Crippen LogP contribution >= 0.6 is 0 Å². The molecule has 2 rings (SSSR count). The lowest BCUT2D eigenvalue weighted by Crippen LogP contribution is -2.48. The third-order valence-electron chi connectivity index (χ3n) is 4.24. The predicted molar refractivity (Wildman–Crippen MR) is 72.5 cm³/mol. The summed E-state index contributed by atoms with van der Waals surface area (Å²) in [5.74, 6) is 0.210. The third-order valence-corrected chi connectivity index (χ3v) is 4.24. The van der Waals surface area contributed by atoms with Crippen molar-refractivity contribution in [3.05, 3.63) is 12.2 Å². The number of hydrogen-bond donors (Lipinski definition) is 1. The van der Waals surface area contributed by atoms with Gasteiger partial charge in [0.2, 0.25) is 5.91 Å². The Kier molecular flexibility index (Phi) is 4.61. The lowest BCUT2D eigenvalue weighted by molar-refractivity contribution is -0.142. The predicted octanol–water partition coefficient (Wildman–Crippen LogP) is 2.33. The molecule has 4 nitrogen and oxygen atoms in total. The van der Waals surface area contributed by atoms with E-state index in [1.807, 2.05) is 0 Å². The minimum Gasteiger partial charge on any atom is -0.469 e. The Bertz CT molecular complexity index is 370. The lowest BCUT2D eigenvalue weighted by Gasteiger charge is -2.29. The van der Waals surface area contributed by atoms with Gasteiger partial charge >= 0.3 is 5.97 Å². The molecule has 1 amide bonds. The first-order chi connectivity index (χ1) is 9.13. The van der Waals surface area contributed by atoms with Gasteiger partial charge in [-0.1, -0.05) is 25.0 Å². The Balaban J connectivity index is 1.90. The van der Waals surface area contributed by atoms with E-state index in [9.17, 15) is 9.59 Å². The second-order valence-corrected chi connectivity index (χ2v) is 5.76. The summed E-state index contributed by atoms with van der Waals surface area (Å²) >= 11 is 0. The summed E-state index contributed by atoms with van der Waals surface area (Å²) in [4.78, 5) is 23.6. The van der Waals surface area contributed by atoms with E-state index in [4.69, 9.17) is 4.74 Å². The summed E-state index contributed by atoms with van der Waals surface area (Å²) < 4.78 is 4.75. The number of carbonyl (C=O) groups excluding carboxylic acids is 2. The monoisotopic (exact) mass is 265 g/mol. The van der Waals surface area contributed by atoms with Crippen molar-refractivity contribution in [1.82, 2.24) is 5.32 Å². The van der Waals surface area contributed by atoms with Crippen molar-refractivity contribution in [2.45, 2.75) is 56.9 Å². The fraction of sp³-hybridized carbons (Fsp3) is 0.733. The van der Waals surface area contributed by atoms with Gasteiger partial charge in [0, 0.05) is 6.42 Å². The van der Waals surface area contributed by atoms with Crippen LogP contribution in [0.1, 0.15) is 51.4 Å². The molecule has 0 aromatic heterocycles. The summed E-state index contributed by atoms with van der Waals surface area (Å²) in [5, 5.41) is 3.11. The molecule has 0 bridgehead atoms. The van der Waals surface area contributed by atoms with Crippen molar-refractivity contribution in [2.24, 2.45) is 5.92 Å². The Morgan fingerprint density at radius 3 is 2.68 bits per heavy atom. The Morgan fingerprint density at radius 2 is 2.11 bits per heavy atom. The molecule has 0 heterocycles. The SMILES string of the molecule is COC(=O)CC1(NC(=O)C[C@@H]2C=CCC2)CCCC1. The van der Waals surface area contributed by atoms with Gasteiger partial charge in [0.15, 0.2) is 0 Å². The quantitative estimate of drug-likeness (QED) is 0.613. The van der Waals surface area contributed by atoms with Crippen molar-refractivity contribution in [2.75, 3.05) is 7.11 Å². The zero-order valence-corrected chi connectivity index (χ0v) is 11.6. The number of esters is 1. The van der Waals surface area contributed by atoms with E-state index in [1.165, 1.54) is 7.11 Å². The van der Waals surface area contributed by atoms with E-state index in [-0.39, 0.29) is 17.4 Å². The topological polar surface area (TPSA) is 55.4 Å². The van der Waals surface area contributed by atoms with Crippen LogP contribution in [-0.4, -0.2) is 24.5 Å². The number of nitrogens with one attached hydrogen (secondary N) is 1. The molecule has 0 radical (unpaired) electrons. The Labute approximate surface area is 114 Å². The molecule has 19 heavy (non-hydrogen) atoms. The number of hydrogen-bond acceptors (Lipinski definition) is 3. The number of allylic oxidation sites excluding steroid dienone is 2. The highest BCUT2D eigenvalue weighted by Gasteiger charge is 2.37. The average molecular weight is 265 g/mol. The van der Waals surface area contributed by atoms with Gasteiger partial charge < -0.3 is 10.1 Å². The van der Waals surface area contributed by atoms with Gasteiger partial charge in [-0.25, -0.2) is 0 Å². The van der Waals surface area contributed by atoms with Gasteiger partial charge in [-0.05, 0) is 31.6 Å². The molecule has 0 aromatic rings. The van der Waals surface area contributed by atoms with Gasteiger partial charge in [-0.2, -0.15) is 0 Å². The largest absolute Gasteiger partial charge is 0.469 e. The summed E-state index contributed by atoms with van der Waals surface area (Å²) in [7, 11) is 1.40. The standard InChI is InChI=1S/C15H23NO3/c1-19-14(18)11-15(8-4-5-9-15)16-13(17)10-12-6-2-3-7-12/h2,6,12H,3-5,7-11H2,1H3,(H,16,17)/t12-/m1/s1. The molecule has 1 atom stereocenters. The number of amides is 1. The zero-order valence-electron chi connectivity index (χ0n) is 11.6. The second-order valence-electron chi connectivity index (χ2n) is 5.76. The Morgan fingerprint density at radius 1 is 1.37 bits per heavy atom. The molecule has 0 spiro atoms. The maximum atomic E-state index is 12.1. The first-order valence-electron chi connectivity index (χ1n) is 7.18.